The molecule has 174 valence electrons. The number of benzene rings is 2. The lowest BCUT2D eigenvalue weighted by Gasteiger charge is -2.30. The van der Waals surface area contributed by atoms with E-state index in [4.69, 9.17) is 9.47 Å². The minimum Gasteiger partial charge on any atom is -0.497 e. The number of hydrogen-bond donors (Lipinski definition) is 1. The maximum Gasteiger partial charge on any atom is 0.244 e. The van der Waals surface area contributed by atoms with Crippen molar-refractivity contribution in [3.8, 4) is 11.5 Å². The summed E-state index contributed by atoms with van der Waals surface area (Å²) in [5.74, 6) is 0.397. The fourth-order valence-electron chi connectivity index (χ4n) is 4.19. The molecule has 7 nitrogen and oxygen atoms in total. The maximum absolute atomic E-state index is 13.1. The molecule has 0 spiro atoms. The number of sulfonamides is 1. The first-order chi connectivity index (χ1) is 15.2. The molecule has 0 heterocycles. The van der Waals surface area contributed by atoms with Crippen molar-refractivity contribution in [1.82, 2.24) is 5.32 Å². The van der Waals surface area contributed by atoms with Crippen LogP contribution < -0.4 is 19.1 Å². The number of anilines is 1. The van der Waals surface area contributed by atoms with Gasteiger partial charge < -0.3 is 14.8 Å². The van der Waals surface area contributed by atoms with Crippen LogP contribution in [0, 0.1) is 0 Å². The van der Waals surface area contributed by atoms with Gasteiger partial charge >= 0.3 is 0 Å². The smallest absolute Gasteiger partial charge is 0.244 e. The summed E-state index contributed by atoms with van der Waals surface area (Å²) in [7, 11) is -0.849. The van der Waals surface area contributed by atoms with Crippen LogP contribution >= 0.6 is 0 Å². The highest BCUT2D eigenvalue weighted by molar-refractivity contribution is 7.92. The largest absolute Gasteiger partial charge is 0.497 e. The monoisotopic (exact) mass is 460 g/mol. The third-order valence-corrected chi connectivity index (χ3v) is 7.17. The Bertz CT molecular complexity index is 1080. The normalized spacial score (nSPS) is 15.3. The number of ether oxygens (including phenoxy) is 2. The molecule has 0 saturated heterocycles. The van der Waals surface area contributed by atoms with Crippen molar-refractivity contribution in [3.05, 3.63) is 53.1 Å². The number of rotatable bonds is 8. The number of amides is 1. The van der Waals surface area contributed by atoms with Crippen molar-refractivity contribution in [1.29, 1.82) is 0 Å². The Labute approximate surface area is 190 Å². The Balaban J connectivity index is 1.86. The molecule has 3 rings (SSSR count). The average molecular weight is 461 g/mol. The van der Waals surface area contributed by atoms with E-state index in [1.165, 1.54) is 38.2 Å². The average Bonchev–Trinajstić information content (AvgIpc) is 2.77. The zero-order valence-corrected chi connectivity index (χ0v) is 20.2. The molecule has 8 heteroatoms. The second kappa shape index (κ2) is 9.81. The van der Waals surface area contributed by atoms with Gasteiger partial charge in [-0.1, -0.05) is 18.2 Å². The Morgan fingerprint density at radius 3 is 2.31 bits per heavy atom. The van der Waals surface area contributed by atoms with Crippen LogP contribution in [0.4, 0.5) is 5.69 Å². The van der Waals surface area contributed by atoms with Crippen molar-refractivity contribution in [2.45, 2.75) is 51.6 Å². The van der Waals surface area contributed by atoms with Crippen LogP contribution in [0.3, 0.4) is 0 Å². The van der Waals surface area contributed by atoms with Gasteiger partial charge in [0.2, 0.25) is 15.9 Å². The summed E-state index contributed by atoms with van der Waals surface area (Å²) in [6, 6.07) is 9.93. The van der Waals surface area contributed by atoms with Gasteiger partial charge in [-0.05, 0) is 68.4 Å². The van der Waals surface area contributed by atoms with Gasteiger partial charge in [-0.25, -0.2) is 8.42 Å². The van der Waals surface area contributed by atoms with Crippen molar-refractivity contribution in [2.24, 2.45) is 0 Å². The Kier molecular flexibility index (Phi) is 7.33. The van der Waals surface area contributed by atoms with Crippen molar-refractivity contribution in [2.75, 3.05) is 24.8 Å². The molecule has 1 aliphatic rings. The van der Waals surface area contributed by atoms with E-state index in [2.05, 4.69) is 17.4 Å². The van der Waals surface area contributed by atoms with Crippen LogP contribution in [0.25, 0.3) is 0 Å². The lowest BCUT2D eigenvalue weighted by Crippen LogP contribution is -2.48. The minimum atomic E-state index is -3.80. The van der Waals surface area contributed by atoms with Gasteiger partial charge in [0.05, 0.1) is 32.2 Å². The number of aryl methyl sites for hydroxylation is 2. The van der Waals surface area contributed by atoms with E-state index in [9.17, 15) is 13.2 Å². The highest BCUT2D eigenvalue weighted by atomic mass is 32.2. The van der Waals surface area contributed by atoms with Gasteiger partial charge in [-0.15, -0.1) is 0 Å². The van der Waals surface area contributed by atoms with Gasteiger partial charge in [-0.3, -0.25) is 9.10 Å². The van der Waals surface area contributed by atoms with Crippen molar-refractivity contribution in [3.63, 3.8) is 0 Å². The van der Waals surface area contributed by atoms with E-state index >= 15 is 0 Å². The van der Waals surface area contributed by atoms with Crippen LogP contribution in [-0.2, 0) is 27.7 Å². The molecule has 0 aromatic heterocycles. The van der Waals surface area contributed by atoms with E-state index in [0.29, 0.717) is 11.5 Å². The van der Waals surface area contributed by atoms with Gasteiger partial charge in [0, 0.05) is 6.07 Å². The van der Waals surface area contributed by atoms with Gasteiger partial charge in [0.1, 0.15) is 17.5 Å². The first kappa shape index (κ1) is 23.9. The molecule has 1 N–H and O–H groups in total. The summed E-state index contributed by atoms with van der Waals surface area (Å²) < 4.78 is 37.1. The molecule has 1 aliphatic carbocycles. The second-order valence-electron chi connectivity index (χ2n) is 8.24. The molecule has 2 atom stereocenters. The Morgan fingerprint density at radius 1 is 1.00 bits per heavy atom. The highest BCUT2D eigenvalue weighted by Gasteiger charge is 2.32. The van der Waals surface area contributed by atoms with E-state index in [-0.39, 0.29) is 11.7 Å². The second-order valence-corrected chi connectivity index (χ2v) is 10.1. The lowest BCUT2D eigenvalue weighted by atomic mass is 9.89. The summed E-state index contributed by atoms with van der Waals surface area (Å²) in [5, 5.41) is 2.97. The molecule has 0 unspecified atom stereocenters. The van der Waals surface area contributed by atoms with Crippen LogP contribution in [0.15, 0.2) is 36.4 Å². The summed E-state index contributed by atoms with van der Waals surface area (Å²) in [4.78, 5) is 13.1. The summed E-state index contributed by atoms with van der Waals surface area (Å²) in [6.07, 6.45) is 5.62. The first-order valence-corrected chi connectivity index (χ1v) is 12.6. The standard InChI is InChI=1S/C24H32N2O5S/c1-16(19-11-10-18-8-6-7-9-20(18)14-19)25-24(27)17(2)26(32(5,28)29)22-15-21(30-3)12-13-23(22)31-4/h10-17H,6-9H2,1-5H3,(H,25,27)/t16-,17+/m0/s1. The minimum absolute atomic E-state index is 0.249. The number of hydrogen-bond acceptors (Lipinski definition) is 5. The number of methoxy groups -OCH3 is 2. The molecule has 0 fully saturated rings. The van der Waals surface area contributed by atoms with E-state index in [1.54, 1.807) is 25.1 Å². The maximum atomic E-state index is 13.1. The van der Waals surface area contributed by atoms with Crippen LogP contribution in [0.2, 0.25) is 0 Å². The predicted molar refractivity (Wildman–Crippen MR) is 126 cm³/mol. The molecule has 0 radical (unpaired) electrons. The SMILES string of the molecule is COc1ccc(OC)c(N([C@H](C)C(=O)N[C@@H](C)c2ccc3c(c2)CCCC3)S(C)(=O)=O)c1. The number of carbonyl (C=O) groups is 1. The fraction of sp³-hybridized carbons (Fsp3) is 0.458. The molecule has 32 heavy (non-hydrogen) atoms. The quantitative estimate of drug-likeness (QED) is 0.650. The molecule has 0 saturated carbocycles. The summed E-state index contributed by atoms with van der Waals surface area (Å²) in [5.41, 5.74) is 3.97. The number of fused-ring (bicyclic) bond motifs is 1. The zero-order chi connectivity index (χ0) is 23.5. The fourth-order valence-corrected chi connectivity index (χ4v) is 5.36. The third kappa shape index (κ3) is 5.18. The van der Waals surface area contributed by atoms with Gasteiger partial charge in [0.15, 0.2) is 0 Å². The number of carbonyl (C=O) groups excluding carboxylic acids is 1. The third-order valence-electron chi connectivity index (χ3n) is 5.94. The lowest BCUT2D eigenvalue weighted by molar-refractivity contribution is -0.122. The molecule has 2 aromatic carbocycles. The highest BCUT2D eigenvalue weighted by Crippen LogP contribution is 2.35. The van der Waals surface area contributed by atoms with Crippen LogP contribution in [-0.4, -0.2) is 40.8 Å². The van der Waals surface area contributed by atoms with E-state index in [0.717, 1.165) is 29.0 Å². The first-order valence-electron chi connectivity index (χ1n) is 10.8. The number of nitrogens with zero attached hydrogens (tertiary/aromatic N) is 1. The van der Waals surface area contributed by atoms with E-state index < -0.39 is 22.0 Å². The molecular weight excluding hydrogens is 428 g/mol. The van der Waals surface area contributed by atoms with Crippen LogP contribution in [0.5, 0.6) is 11.5 Å². The van der Waals surface area contributed by atoms with Crippen molar-refractivity contribution >= 4 is 21.6 Å². The Morgan fingerprint density at radius 2 is 1.69 bits per heavy atom. The van der Waals surface area contributed by atoms with Gasteiger partial charge in [0.25, 0.3) is 0 Å². The Hall–Kier alpha value is -2.74. The predicted octanol–water partition coefficient (Wildman–Crippen LogP) is 3.61. The molecule has 2 aromatic rings. The molecular formula is C24H32N2O5S. The number of nitrogens with one attached hydrogen (secondary N) is 1. The molecule has 0 aliphatic heterocycles. The van der Waals surface area contributed by atoms with E-state index in [1.807, 2.05) is 13.0 Å². The topological polar surface area (TPSA) is 84.9 Å². The van der Waals surface area contributed by atoms with Gasteiger partial charge in [-0.2, -0.15) is 0 Å². The molecule has 0 bridgehead atoms. The molecule has 1 amide bonds. The van der Waals surface area contributed by atoms with Crippen LogP contribution in [0.1, 0.15) is 49.4 Å². The zero-order valence-electron chi connectivity index (χ0n) is 19.3. The summed E-state index contributed by atoms with van der Waals surface area (Å²) in [6.45, 7) is 3.47. The summed E-state index contributed by atoms with van der Waals surface area (Å²) >= 11 is 0. The van der Waals surface area contributed by atoms with Crippen molar-refractivity contribution < 1.29 is 22.7 Å².